The van der Waals surface area contributed by atoms with Crippen molar-refractivity contribution in [1.82, 2.24) is 5.32 Å². The molecule has 1 aliphatic rings. The SMILES string of the molecule is Cc1cc(Cl)c(Br)cc1C1CCNCC1. The highest BCUT2D eigenvalue weighted by atomic mass is 79.9. The molecule has 2 rings (SSSR count). The number of nitrogens with one attached hydrogen (secondary N) is 1. The maximum Gasteiger partial charge on any atom is 0.0550 e. The van der Waals surface area contributed by atoms with Gasteiger partial charge in [-0.3, -0.25) is 0 Å². The second-order valence-corrected chi connectivity index (χ2v) is 5.41. The van der Waals surface area contributed by atoms with Gasteiger partial charge in [0.15, 0.2) is 0 Å². The molecule has 0 unspecified atom stereocenters. The van der Waals surface area contributed by atoms with E-state index in [2.05, 4.69) is 40.3 Å². The van der Waals surface area contributed by atoms with Gasteiger partial charge in [0.1, 0.15) is 0 Å². The highest BCUT2D eigenvalue weighted by Gasteiger charge is 2.17. The summed E-state index contributed by atoms with van der Waals surface area (Å²) in [6.45, 7) is 4.41. The van der Waals surface area contributed by atoms with E-state index in [1.54, 1.807) is 0 Å². The van der Waals surface area contributed by atoms with Gasteiger partial charge in [0.2, 0.25) is 0 Å². The van der Waals surface area contributed by atoms with E-state index in [9.17, 15) is 0 Å². The minimum Gasteiger partial charge on any atom is -0.317 e. The van der Waals surface area contributed by atoms with Crippen LogP contribution in [0.4, 0.5) is 0 Å². The van der Waals surface area contributed by atoms with Gasteiger partial charge >= 0.3 is 0 Å². The van der Waals surface area contributed by atoms with Gasteiger partial charge < -0.3 is 5.32 Å². The van der Waals surface area contributed by atoms with Crippen molar-refractivity contribution in [2.75, 3.05) is 13.1 Å². The van der Waals surface area contributed by atoms with Gasteiger partial charge in [-0.25, -0.2) is 0 Å². The van der Waals surface area contributed by atoms with Crippen LogP contribution in [-0.4, -0.2) is 13.1 Å². The second kappa shape index (κ2) is 4.86. The minimum atomic E-state index is 0.694. The van der Waals surface area contributed by atoms with Gasteiger partial charge in [0.25, 0.3) is 0 Å². The molecule has 0 bridgehead atoms. The minimum absolute atomic E-state index is 0.694. The zero-order valence-electron chi connectivity index (χ0n) is 8.82. The van der Waals surface area contributed by atoms with Crippen molar-refractivity contribution >= 4 is 27.5 Å². The molecule has 15 heavy (non-hydrogen) atoms. The molecular weight excluding hydrogens is 273 g/mol. The quantitative estimate of drug-likeness (QED) is 0.827. The van der Waals surface area contributed by atoms with E-state index in [4.69, 9.17) is 11.6 Å². The van der Waals surface area contributed by atoms with Gasteiger partial charge in [-0.1, -0.05) is 11.6 Å². The Balaban J connectivity index is 2.30. The first-order valence-electron chi connectivity index (χ1n) is 5.34. The van der Waals surface area contributed by atoms with E-state index in [1.165, 1.54) is 24.0 Å². The Morgan fingerprint density at radius 2 is 2.00 bits per heavy atom. The van der Waals surface area contributed by atoms with E-state index in [-0.39, 0.29) is 0 Å². The lowest BCUT2D eigenvalue weighted by Gasteiger charge is -2.24. The smallest absolute Gasteiger partial charge is 0.0550 e. The Kier molecular flexibility index (Phi) is 3.70. The van der Waals surface area contributed by atoms with E-state index in [1.807, 2.05) is 0 Å². The average Bonchev–Trinajstić information content (AvgIpc) is 2.25. The average molecular weight is 289 g/mol. The summed E-state index contributed by atoms with van der Waals surface area (Å²) in [4.78, 5) is 0. The van der Waals surface area contributed by atoms with Gasteiger partial charge in [0, 0.05) is 4.47 Å². The largest absolute Gasteiger partial charge is 0.317 e. The van der Waals surface area contributed by atoms with Gasteiger partial charge in [-0.15, -0.1) is 0 Å². The number of aryl methyl sites for hydroxylation is 1. The number of halogens is 2. The molecule has 0 atom stereocenters. The second-order valence-electron chi connectivity index (χ2n) is 4.15. The zero-order valence-corrected chi connectivity index (χ0v) is 11.2. The first kappa shape index (κ1) is 11.4. The molecule has 1 nitrogen and oxygen atoms in total. The third kappa shape index (κ3) is 2.55. The molecule has 0 spiro atoms. The molecule has 1 N–H and O–H groups in total. The van der Waals surface area contributed by atoms with Crippen LogP contribution >= 0.6 is 27.5 Å². The summed E-state index contributed by atoms with van der Waals surface area (Å²) >= 11 is 9.56. The van der Waals surface area contributed by atoms with Crippen LogP contribution in [0, 0.1) is 6.92 Å². The number of hydrogen-bond acceptors (Lipinski definition) is 1. The van der Waals surface area contributed by atoms with E-state index in [0.29, 0.717) is 5.92 Å². The van der Waals surface area contributed by atoms with Gasteiger partial charge in [0.05, 0.1) is 5.02 Å². The Morgan fingerprint density at radius 3 is 2.67 bits per heavy atom. The lowest BCUT2D eigenvalue weighted by Crippen LogP contribution is -2.26. The van der Waals surface area contributed by atoms with Crippen LogP contribution in [-0.2, 0) is 0 Å². The normalized spacial score (nSPS) is 18.1. The summed E-state index contributed by atoms with van der Waals surface area (Å²) in [5.41, 5.74) is 2.77. The molecule has 0 aromatic heterocycles. The summed E-state index contributed by atoms with van der Waals surface area (Å²) in [6.07, 6.45) is 2.46. The van der Waals surface area contributed by atoms with Crippen LogP contribution in [0.3, 0.4) is 0 Å². The van der Waals surface area contributed by atoms with Gasteiger partial charge in [-0.2, -0.15) is 0 Å². The molecule has 0 aliphatic carbocycles. The molecule has 1 aliphatic heterocycles. The fourth-order valence-electron chi connectivity index (χ4n) is 2.23. The fraction of sp³-hybridized carbons (Fsp3) is 0.500. The Morgan fingerprint density at radius 1 is 1.33 bits per heavy atom. The maximum atomic E-state index is 6.07. The highest BCUT2D eigenvalue weighted by molar-refractivity contribution is 9.10. The number of benzene rings is 1. The van der Waals surface area contributed by atoms with Crippen LogP contribution in [0.5, 0.6) is 0 Å². The fourth-order valence-corrected chi connectivity index (χ4v) is 2.81. The lowest BCUT2D eigenvalue weighted by atomic mass is 9.87. The molecule has 1 aromatic rings. The molecule has 0 saturated carbocycles. The highest BCUT2D eigenvalue weighted by Crippen LogP contribution is 2.33. The topological polar surface area (TPSA) is 12.0 Å². The molecule has 82 valence electrons. The molecule has 0 amide bonds. The van der Waals surface area contributed by atoms with Crippen molar-refractivity contribution in [2.24, 2.45) is 0 Å². The third-order valence-electron chi connectivity index (χ3n) is 3.09. The van der Waals surface area contributed by atoms with E-state index < -0.39 is 0 Å². The number of piperidine rings is 1. The first-order valence-corrected chi connectivity index (χ1v) is 6.52. The van der Waals surface area contributed by atoms with Crippen LogP contribution in [0.1, 0.15) is 29.9 Å². The molecule has 1 aromatic carbocycles. The van der Waals surface area contributed by atoms with Crippen LogP contribution in [0.15, 0.2) is 16.6 Å². The summed E-state index contributed by atoms with van der Waals surface area (Å²) in [6, 6.07) is 4.25. The third-order valence-corrected chi connectivity index (χ3v) is 4.29. The summed E-state index contributed by atoms with van der Waals surface area (Å²) in [5, 5.41) is 4.20. The predicted octanol–water partition coefficient (Wildman–Crippen LogP) is 3.88. The van der Waals surface area contributed by atoms with Crippen molar-refractivity contribution < 1.29 is 0 Å². The summed E-state index contributed by atoms with van der Waals surface area (Å²) < 4.78 is 1.02. The van der Waals surface area contributed by atoms with E-state index in [0.717, 1.165) is 22.6 Å². The van der Waals surface area contributed by atoms with Crippen LogP contribution in [0.2, 0.25) is 5.02 Å². The van der Waals surface area contributed by atoms with E-state index >= 15 is 0 Å². The Labute approximate surface area is 104 Å². The summed E-state index contributed by atoms with van der Waals surface area (Å²) in [5.74, 6) is 0.694. The maximum absolute atomic E-state index is 6.07. The summed E-state index contributed by atoms with van der Waals surface area (Å²) in [7, 11) is 0. The van der Waals surface area contributed by atoms with Crippen molar-refractivity contribution in [1.29, 1.82) is 0 Å². The van der Waals surface area contributed by atoms with Crippen molar-refractivity contribution in [3.8, 4) is 0 Å². The number of hydrogen-bond donors (Lipinski definition) is 1. The molecule has 1 fully saturated rings. The monoisotopic (exact) mass is 287 g/mol. The van der Waals surface area contributed by atoms with Crippen LogP contribution < -0.4 is 5.32 Å². The predicted molar refractivity (Wildman–Crippen MR) is 68.7 cm³/mol. The lowest BCUT2D eigenvalue weighted by molar-refractivity contribution is 0.459. The molecule has 1 saturated heterocycles. The number of rotatable bonds is 1. The Hall–Kier alpha value is -0.0500. The van der Waals surface area contributed by atoms with Crippen molar-refractivity contribution in [3.63, 3.8) is 0 Å². The van der Waals surface area contributed by atoms with Gasteiger partial charge in [-0.05, 0) is 78.0 Å². The Bertz CT molecular complexity index is 359. The van der Waals surface area contributed by atoms with Crippen LogP contribution in [0.25, 0.3) is 0 Å². The van der Waals surface area contributed by atoms with Crippen molar-refractivity contribution in [2.45, 2.75) is 25.7 Å². The molecular formula is C12H15BrClN. The zero-order chi connectivity index (χ0) is 10.8. The van der Waals surface area contributed by atoms with Crippen molar-refractivity contribution in [3.05, 3.63) is 32.8 Å². The molecule has 1 heterocycles. The molecule has 3 heteroatoms. The standard InChI is InChI=1S/C12H15BrClN/c1-8-6-12(14)11(13)7-10(8)9-2-4-15-5-3-9/h6-7,9,15H,2-5H2,1H3. The molecule has 0 radical (unpaired) electrons. The first-order chi connectivity index (χ1) is 7.18.